The van der Waals surface area contributed by atoms with Crippen molar-refractivity contribution in [1.82, 2.24) is 4.90 Å². The van der Waals surface area contributed by atoms with Crippen molar-refractivity contribution in [3.05, 3.63) is 35.0 Å². The SMILES string of the molecule is C#CCCOC(=O)N1C2=NC(C(=O)OC)=C(C(=O)OC)[C@@H]3N(C)c4ccc(OC)cc4[C@]23C[C@H]1C(=O)OC. The molecule has 1 amide bonds. The molecule has 0 radical (unpaired) electrons. The Labute approximate surface area is 219 Å². The first-order chi connectivity index (χ1) is 18.2. The van der Waals surface area contributed by atoms with Gasteiger partial charge in [-0.1, -0.05) is 0 Å². The van der Waals surface area contributed by atoms with Gasteiger partial charge in [0.05, 0.1) is 45.5 Å². The van der Waals surface area contributed by atoms with Gasteiger partial charge in [-0.3, -0.25) is 0 Å². The lowest BCUT2D eigenvalue weighted by atomic mass is 9.69. The molecule has 0 unspecified atom stereocenters. The number of aliphatic imine (C=N–C) groups is 1. The summed E-state index contributed by atoms with van der Waals surface area (Å²) >= 11 is 0. The molecule has 0 aliphatic carbocycles. The number of nitrogens with zero attached hydrogens (tertiary/aromatic N) is 3. The summed E-state index contributed by atoms with van der Waals surface area (Å²) in [5.41, 5.74) is -0.409. The minimum Gasteiger partial charge on any atom is -0.497 e. The third-order valence-electron chi connectivity index (χ3n) is 7.04. The molecule has 0 aromatic heterocycles. The van der Waals surface area contributed by atoms with Crippen LogP contribution < -0.4 is 9.64 Å². The quantitative estimate of drug-likeness (QED) is 0.231. The van der Waals surface area contributed by atoms with Crippen LogP contribution in [0.1, 0.15) is 18.4 Å². The van der Waals surface area contributed by atoms with Crippen LogP contribution in [0.2, 0.25) is 0 Å². The van der Waals surface area contributed by atoms with Gasteiger partial charge in [-0.2, -0.15) is 0 Å². The molecular weight excluding hydrogens is 498 g/mol. The number of ether oxygens (including phenoxy) is 5. The standard InChI is InChI=1S/C26H27N3O9/c1-7-8-11-38-25(33)29-17(21(30)35-4)13-26-15-12-14(34-3)9-10-16(15)28(2)20(26)18(22(31)36-5)19(23(32)37-6)27-24(26)29/h1,9-10,12,17,20H,8,11,13H2,2-6H3/t17-,20-,26-/m0/s1. The predicted molar refractivity (Wildman–Crippen MR) is 132 cm³/mol. The predicted octanol–water partition coefficient (Wildman–Crippen LogP) is 1.17. The highest BCUT2D eigenvalue weighted by molar-refractivity contribution is 6.16. The highest BCUT2D eigenvalue weighted by atomic mass is 16.6. The van der Waals surface area contributed by atoms with Crippen molar-refractivity contribution in [2.45, 2.75) is 30.3 Å². The van der Waals surface area contributed by atoms with Crippen LogP contribution in [0.5, 0.6) is 5.75 Å². The molecule has 1 aromatic carbocycles. The van der Waals surface area contributed by atoms with Gasteiger partial charge in [-0.05, 0) is 30.2 Å². The lowest BCUT2D eigenvalue weighted by Gasteiger charge is -2.39. The fraction of sp³-hybridized carbons (Fsp3) is 0.423. The van der Waals surface area contributed by atoms with Crippen LogP contribution in [-0.4, -0.2) is 88.9 Å². The first kappa shape index (κ1) is 26.5. The van der Waals surface area contributed by atoms with E-state index >= 15 is 0 Å². The van der Waals surface area contributed by atoms with E-state index < -0.39 is 41.5 Å². The largest absolute Gasteiger partial charge is 0.497 e. The number of hydrogen-bond donors (Lipinski definition) is 0. The number of terminal acetylenes is 1. The molecular formula is C26H27N3O9. The molecule has 12 nitrogen and oxygen atoms in total. The number of anilines is 1. The Kier molecular flexibility index (Phi) is 7.04. The number of likely N-dealkylation sites (N-methyl/N-ethyl adjacent to an activating group) is 1. The van der Waals surface area contributed by atoms with Gasteiger partial charge in [0.15, 0.2) is 5.70 Å². The molecule has 0 bridgehead atoms. The average molecular weight is 526 g/mol. The first-order valence-electron chi connectivity index (χ1n) is 11.6. The molecule has 3 aliphatic rings. The molecule has 0 saturated carbocycles. The maximum absolute atomic E-state index is 13.4. The lowest BCUT2D eigenvalue weighted by molar-refractivity contribution is -0.144. The van der Waals surface area contributed by atoms with E-state index in [2.05, 4.69) is 10.9 Å². The fourth-order valence-electron chi connectivity index (χ4n) is 5.50. The molecule has 4 rings (SSSR count). The van der Waals surface area contributed by atoms with Gasteiger partial charge in [0, 0.05) is 19.2 Å². The molecule has 0 N–H and O–H groups in total. The van der Waals surface area contributed by atoms with Gasteiger partial charge < -0.3 is 28.6 Å². The molecule has 3 aliphatic heterocycles. The Bertz CT molecular complexity index is 1310. The van der Waals surface area contributed by atoms with Crippen LogP contribution in [0.4, 0.5) is 10.5 Å². The van der Waals surface area contributed by atoms with E-state index in [0.29, 0.717) is 17.0 Å². The molecule has 200 valence electrons. The molecule has 3 atom stereocenters. The van der Waals surface area contributed by atoms with E-state index in [4.69, 9.17) is 30.1 Å². The second-order valence-electron chi connectivity index (χ2n) is 8.73. The van der Waals surface area contributed by atoms with Crippen LogP contribution in [-0.2, 0) is 38.7 Å². The highest BCUT2D eigenvalue weighted by Crippen LogP contribution is 2.58. The molecule has 1 fully saturated rings. The summed E-state index contributed by atoms with van der Waals surface area (Å²) in [4.78, 5) is 59.9. The maximum atomic E-state index is 13.4. The van der Waals surface area contributed by atoms with Gasteiger partial charge in [-0.15, -0.1) is 12.3 Å². The summed E-state index contributed by atoms with van der Waals surface area (Å²) in [7, 11) is 6.75. The van der Waals surface area contributed by atoms with Gasteiger partial charge >= 0.3 is 24.0 Å². The van der Waals surface area contributed by atoms with Crippen molar-refractivity contribution < 1.29 is 42.9 Å². The van der Waals surface area contributed by atoms with Crippen LogP contribution in [0.15, 0.2) is 34.5 Å². The first-order valence-corrected chi connectivity index (χ1v) is 11.6. The molecule has 12 heteroatoms. The van der Waals surface area contributed by atoms with E-state index in [-0.39, 0.29) is 36.6 Å². The third-order valence-corrected chi connectivity index (χ3v) is 7.04. The van der Waals surface area contributed by atoms with Gasteiger partial charge in [-0.25, -0.2) is 29.1 Å². The molecule has 38 heavy (non-hydrogen) atoms. The second kappa shape index (κ2) is 10.1. The number of benzene rings is 1. The Morgan fingerprint density at radius 3 is 2.42 bits per heavy atom. The minimum atomic E-state index is -1.27. The Hall–Kier alpha value is -4.53. The summed E-state index contributed by atoms with van der Waals surface area (Å²) < 4.78 is 25.8. The van der Waals surface area contributed by atoms with Crippen LogP contribution in [0.25, 0.3) is 0 Å². The Morgan fingerprint density at radius 1 is 1.11 bits per heavy atom. The zero-order valence-corrected chi connectivity index (χ0v) is 21.6. The Morgan fingerprint density at radius 2 is 1.82 bits per heavy atom. The number of amides is 1. The summed E-state index contributed by atoms with van der Waals surface area (Å²) in [5, 5.41) is 0. The maximum Gasteiger partial charge on any atom is 0.416 e. The zero-order valence-electron chi connectivity index (χ0n) is 21.6. The van der Waals surface area contributed by atoms with Crippen molar-refractivity contribution in [1.29, 1.82) is 0 Å². The molecule has 1 saturated heterocycles. The van der Waals surface area contributed by atoms with E-state index in [1.54, 1.807) is 30.1 Å². The molecule has 1 aromatic rings. The van der Waals surface area contributed by atoms with Gasteiger partial charge in [0.25, 0.3) is 0 Å². The summed E-state index contributed by atoms with van der Waals surface area (Å²) in [5.74, 6) is 0.435. The average Bonchev–Trinajstić information content (AvgIpc) is 3.41. The number of carbonyl (C=O) groups excluding carboxylic acids is 4. The third kappa shape index (κ3) is 3.73. The molecule has 1 spiro atoms. The number of fused-ring (bicyclic) bond motifs is 1. The van der Waals surface area contributed by atoms with Gasteiger partial charge in [0.1, 0.15) is 24.2 Å². The highest BCUT2D eigenvalue weighted by Gasteiger charge is 2.67. The normalized spacial score (nSPS) is 22.9. The minimum absolute atomic E-state index is 0.0236. The van der Waals surface area contributed by atoms with E-state index in [0.717, 1.165) is 12.0 Å². The van der Waals surface area contributed by atoms with Crippen molar-refractivity contribution >= 4 is 35.5 Å². The number of esters is 3. The van der Waals surface area contributed by atoms with Gasteiger partial charge in [0.2, 0.25) is 0 Å². The number of carbonyl (C=O) groups is 4. The monoisotopic (exact) mass is 525 g/mol. The molecule has 3 heterocycles. The Balaban J connectivity index is 2.06. The fourth-order valence-corrected chi connectivity index (χ4v) is 5.50. The zero-order chi connectivity index (χ0) is 27.8. The van der Waals surface area contributed by atoms with Crippen LogP contribution >= 0.6 is 0 Å². The number of methoxy groups -OCH3 is 4. The summed E-state index contributed by atoms with van der Waals surface area (Å²) in [6, 6.07) is 3.17. The van der Waals surface area contributed by atoms with E-state index in [1.165, 1.54) is 21.3 Å². The second-order valence-corrected chi connectivity index (χ2v) is 8.73. The van der Waals surface area contributed by atoms with E-state index in [9.17, 15) is 19.2 Å². The van der Waals surface area contributed by atoms with Crippen molar-refractivity contribution in [2.24, 2.45) is 4.99 Å². The van der Waals surface area contributed by atoms with E-state index in [1.807, 2.05) is 0 Å². The summed E-state index contributed by atoms with van der Waals surface area (Å²) in [6.45, 7) is -0.110. The lowest BCUT2D eigenvalue weighted by Crippen LogP contribution is -2.55. The van der Waals surface area contributed by atoms with Crippen molar-refractivity contribution in [3.8, 4) is 18.1 Å². The van der Waals surface area contributed by atoms with Crippen LogP contribution in [0, 0.1) is 12.3 Å². The van der Waals surface area contributed by atoms with Crippen LogP contribution in [0.3, 0.4) is 0 Å². The number of hydrogen-bond acceptors (Lipinski definition) is 11. The summed E-state index contributed by atoms with van der Waals surface area (Å²) in [6.07, 6.45) is 4.49. The smallest absolute Gasteiger partial charge is 0.416 e. The number of likely N-dealkylation sites (tertiary alicyclic amines) is 1. The van der Waals surface area contributed by atoms with Crippen molar-refractivity contribution in [3.63, 3.8) is 0 Å². The van der Waals surface area contributed by atoms with Crippen molar-refractivity contribution in [2.75, 3.05) is 47.0 Å². The topological polar surface area (TPSA) is 133 Å². The number of rotatable bonds is 6. The number of amidine groups is 1.